The van der Waals surface area contributed by atoms with Crippen molar-refractivity contribution in [3.05, 3.63) is 47.5 Å². The van der Waals surface area contributed by atoms with Crippen LogP contribution < -0.4 is 5.32 Å². The molecule has 2 aromatic rings. The maximum Gasteiger partial charge on any atom is 0.226 e. The summed E-state index contributed by atoms with van der Waals surface area (Å²) < 4.78 is 0. The fraction of sp³-hybridized carbons (Fsp3) is 0.308. The number of carbonyl (C=O) groups is 1. The number of aromatic amines is 1. The Morgan fingerprint density at radius 2 is 2.22 bits per heavy atom. The molecule has 0 aliphatic heterocycles. The van der Waals surface area contributed by atoms with Crippen LogP contribution in [-0.4, -0.2) is 27.1 Å². The average Bonchev–Trinajstić information content (AvgIpc) is 2.96. The summed E-state index contributed by atoms with van der Waals surface area (Å²) in [5, 5.41) is 9.67. The van der Waals surface area contributed by atoms with Gasteiger partial charge in [0.15, 0.2) is 0 Å². The van der Waals surface area contributed by atoms with Gasteiger partial charge in [-0.15, -0.1) is 0 Å². The number of aromatic nitrogens is 3. The lowest BCUT2D eigenvalue weighted by molar-refractivity contribution is -0.121. The molecule has 0 radical (unpaired) electrons. The third-order valence-electron chi connectivity index (χ3n) is 3.21. The number of fused-ring (bicyclic) bond motifs is 1. The summed E-state index contributed by atoms with van der Waals surface area (Å²) in [4.78, 5) is 15.9. The minimum Gasteiger partial charge on any atom is -0.352 e. The third kappa shape index (κ3) is 2.25. The first-order chi connectivity index (χ1) is 8.81. The highest BCUT2D eigenvalue weighted by atomic mass is 16.1. The van der Waals surface area contributed by atoms with E-state index in [1.807, 2.05) is 18.3 Å². The van der Waals surface area contributed by atoms with Gasteiger partial charge in [0.1, 0.15) is 0 Å². The van der Waals surface area contributed by atoms with Crippen molar-refractivity contribution < 1.29 is 4.79 Å². The topological polar surface area (TPSA) is 70.7 Å². The highest BCUT2D eigenvalue weighted by molar-refractivity contribution is 5.78. The van der Waals surface area contributed by atoms with E-state index < -0.39 is 0 Å². The zero-order chi connectivity index (χ0) is 12.4. The second-order valence-corrected chi connectivity index (χ2v) is 4.58. The van der Waals surface area contributed by atoms with Gasteiger partial charge in [0.05, 0.1) is 6.42 Å². The van der Waals surface area contributed by atoms with Gasteiger partial charge < -0.3 is 5.32 Å². The lowest BCUT2D eigenvalue weighted by Gasteiger charge is -2.11. The largest absolute Gasteiger partial charge is 0.352 e. The zero-order valence-electron chi connectivity index (χ0n) is 9.89. The number of hydrogen-bond donors (Lipinski definition) is 2. The molecular weight excluding hydrogens is 228 g/mol. The van der Waals surface area contributed by atoms with Gasteiger partial charge >= 0.3 is 0 Å². The summed E-state index contributed by atoms with van der Waals surface area (Å²) >= 11 is 0. The third-order valence-corrected chi connectivity index (χ3v) is 3.21. The maximum absolute atomic E-state index is 11.8. The lowest BCUT2D eigenvalue weighted by Crippen LogP contribution is -2.36. The minimum atomic E-state index is 0.0324. The summed E-state index contributed by atoms with van der Waals surface area (Å²) in [6.45, 7) is 0. The van der Waals surface area contributed by atoms with Crippen LogP contribution in [0.4, 0.5) is 0 Å². The van der Waals surface area contributed by atoms with Crippen LogP contribution >= 0.6 is 0 Å². The predicted octanol–water partition coefficient (Wildman–Crippen LogP) is 0.631. The molecular formula is C13H14N4O. The van der Waals surface area contributed by atoms with E-state index in [0.29, 0.717) is 6.42 Å². The van der Waals surface area contributed by atoms with Crippen molar-refractivity contribution >= 4 is 5.91 Å². The molecule has 0 spiro atoms. The molecule has 1 unspecified atom stereocenters. The van der Waals surface area contributed by atoms with Gasteiger partial charge in [0.2, 0.25) is 5.91 Å². The fourth-order valence-corrected chi connectivity index (χ4v) is 2.38. The second-order valence-electron chi connectivity index (χ2n) is 4.58. The van der Waals surface area contributed by atoms with Crippen molar-refractivity contribution in [3.8, 4) is 0 Å². The number of H-pyrrole nitrogens is 1. The molecule has 0 saturated heterocycles. The molecule has 0 saturated carbocycles. The van der Waals surface area contributed by atoms with Crippen molar-refractivity contribution in [2.75, 3.05) is 0 Å². The molecule has 1 aliphatic rings. The Bertz CT molecular complexity index is 525. The molecule has 0 aromatic carbocycles. The van der Waals surface area contributed by atoms with Gasteiger partial charge in [-0.3, -0.25) is 14.9 Å². The molecule has 0 bridgehead atoms. The Balaban J connectivity index is 1.58. The first-order valence-corrected chi connectivity index (χ1v) is 6.00. The summed E-state index contributed by atoms with van der Waals surface area (Å²) in [6.07, 6.45) is 7.46. The molecule has 92 valence electrons. The number of nitrogens with zero attached hydrogens (tertiary/aromatic N) is 2. The fourth-order valence-electron chi connectivity index (χ4n) is 2.38. The van der Waals surface area contributed by atoms with E-state index in [2.05, 4.69) is 20.5 Å². The normalized spacial score (nSPS) is 17.4. The van der Waals surface area contributed by atoms with Crippen LogP contribution in [0.5, 0.6) is 0 Å². The van der Waals surface area contributed by atoms with Crippen LogP contribution in [0.3, 0.4) is 0 Å². The number of hydrogen-bond acceptors (Lipinski definition) is 3. The number of nitrogens with one attached hydrogen (secondary N) is 2. The van der Waals surface area contributed by atoms with Crippen molar-refractivity contribution in [3.63, 3.8) is 0 Å². The van der Waals surface area contributed by atoms with E-state index in [9.17, 15) is 4.79 Å². The maximum atomic E-state index is 11.8. The first-order valence-electron chi connectivity index (χ1n) is 6.00. The van der Waals surface area contributed by atoms with Gasteiger partial charge in [-0.05, 0) is 36.1 Å². The molecule has 3 rings (SSSR count). The molecule has 1 amide bonds. The monoisotopic (exact) mass is 242 g/mol. The van der Waals surface area contributed by atoms with Gasteiger partial charge in [0.25, 0.3) is 0 Å². The molecule has 5 nitrogen and oxygen atoms in total. The quantitative estimate of drug-likeness (QED) is 0.829. The smallest absolute Gasteiger partial charge is 0.226 e. The van der Waals surface area contributed by atoms with Crippen LogP contribution in [0, 0.1) is 0 Å². The number of carbonyl (C=O) groups excluding carboxylic acids is 1. The van der Waals surface area contributed by atoms with Gasteiger partial charge in [0, 0.05) is 30.3 Å². The van der Waals surface area contributed by atoms with Gasteiger partial charge in [-0.2, -0.15) is 5.10 Å². The van der Waals surface area contributed by atoms with Gasteiger partial charge in [-0.25, -0.2) is 0 Å². The second kappa shape index (κ2) is 4.60. The van der Waals surface area contributed by atoms with E-state index >= 15 is 0 Å². The van der Waals surface area contributed by atoms with Crippen molar-refractivity contribution in [1.82, 2.24) is 20.5 Å². The zero-order valence-corrected chi connectivity index (χ0v) is 9.89. The molecule has 2 N–H and O–H groups in total. The molecule has 2 aromatic heterocycles. The summed E-state index contributed by atoms with van der Waals surface area (Å²) in [5.41, 5.74) is 3.37. The Morgan fingerprint density at radius 1 is 1.33 bits per heavy atom. The number of amides is 1. The SMILES string of the molecule is O=C(Cc1ccn[nH]1)NC1Cc2ccncc2C1. The van der Waals surface area contributed by atoms with Crippen molar-refractivity contribution in [1.29, 1.82) is 0 Å². The van der Waals surface area contributed by atoms with Gasteiger partial charge in [-0.1, -0.05) is 0 Å². The van der Waals surface area contributed by atoms with E-state index in [0.717, 1.165) is 18.5 Å². The van der Waals surface area contributed by atoms with Crippen LogP contribution in [0.15, 0.2) is 30.7 Å². The lowest BCUT2D eigenvalue weighted by atomic mass is 10.2. The number of rotatable bonds is 3. The summed E-state index contributed by atoms with van der Waals surface area (Å²) in [5.74, 6) is 0.0324. The standard InChI is InChI=1S/C13H14N4O/c18-13(7-11-2-4-15-17-11)16-12-5-9-1-3-14-8-10(9)6-12/h1-4,8,12H,5-7H2,(H,15,17)(H,16,18). The average molecular weight is 242 g/mol. The molecule has 1 atom stereocenters. The highest BCUT2D eigenvalue weighted by Crippen LogP contribution is 2.20. The Hall–Kier alpha value is -2.17. The van der Waals surface area contributed by atoms with Crippen LogP contribution in [-0.2, 0) is 24.1 Å². The van der Waals surface area contributed by atoms with E-state index in [1.165, 1.54) is 11.1 Å². The van der Waals surface area contributed by atoms with E-state index in [4.69, 9.17) is 0 Å². The molecule has 5 heteroatoms. The molecule has 2 heterocycles. The molecule has 0 fully saturated rings. The van der Waals surface area contributed by atoms with Crippen LogP contribution in [0.2, 0.25) is 0 Å². The van der Waals surface area contributed by atoms with Crippen molar-refractivity contribution in [2.24, 2.45) is 0 Å². The van der Waals surface area contributed by atoms with Crippen LogP contribution in [0.1, 0.15) is 16.8 Å². The minimum absolute atomic E-state index is 0.0324. The molecule has 18 heavy (non-hydrogen) atoms. The highest BCUT2D eigenvalue weighted by Gasteiger charge is 2.22. The first kappa shape index (κ1) is 11.0. The van der Waals surface area contributed by atoms with E-state index in [1.54, 1.807) is 12.4 Å². The Morgan fingerprint density at radius 3 is 3.00 bits per heavy atom. The summed E-state index contributed by atoms with van der Waals surface area (Å²) in [6, 6.07) is 4.03. The Labute approximate surface area is 105 Å². The van der Waals surface area contributed by atoms with Crippen LogP contribution in [0.25, 0.3) is 0 Å². The molecule has 1 aliphatic carbocycles. The summed E-state index contributed by atoms with van der Waals surface area (Å²) in [7, 11) is 0. The predicted molar refractivity (Wildman–Crippen MR) is 65.9 cm³/mol. The number of pyridine rings is 1. The van der Waals surface area contributed by atoms with Crippen molar-refractivity contribution in [2.45, 2.75) is 25.3 Å². The Kier molecular flexibility index (Phi) is 2.80. The van der Waals surface area contributed by atoms with E-state index in [-0.39, 0.29) is 11.9 Å².